The summed E-state index contributed by atoms with van der Waals surface area (Å²) in [6.07, 6.45) is 11.9. The van der Waals surface area contributed by atoms with Crippen molar-refractivity contribution in [2.75, 3.05) is 83.2 Å². The Morgan fingerprint density at radius 3 is 2.30 bits per heavy atom. The van der Waals surface area contributed by atoms with Crippen LogP contribution in [0.25, 0.3) is 0 Å². The molecule has 302 valence electrons. The van der Waals surface area contributed by atoms with Gasteiger partial charge in [-0.3, -0.25) is 24.2 Å². The number of nitrogens with zero attached hydrogens (tertiary/aromatic N) is 6. The average Bonchev–Trinajstić information content (AvgIpc) is 3.34. The highest BCUT2D eigenvalue weighted by Gasteiger charge is 2.35. The molecule has 56 heavy (non-hydrogen) atoms. The number of halogens is 1. The SMILES string of the molecule is CCCN(CCCCCC[N+](C)(C)CCCN1C(=O)c2ccccc2C1=O)CC1CCCCN1CCNC(=O)N1c2ccccc2C(=O)Nc2cccnc21.[Br-]. The molecule has 3 aliphatic heterocycles. The van der Waals surface area contributed by atoms with Crippen molar-refractivity contribution in [2.45, 2.75) is 70.8 Å². The summed E-state index contributed by atoms with van der Waals surface area (Å²) in [4.78, 5) is 64.7. The van der Waals surface area contributed by atoms with Gasteiger partial charge in [0.2, 0.25) is 0 Å². The number of piperidine rings is 1. The van der Waals surface area contributed by atoms with E-state index in [4.69, 9.17) is 0 Å². The van der Waals surface area contributed by atoms with Crippen molar-refractivity contribution in [3.8, 4) is 0 Å². The van der Waals surface area contributed by atoms with Crippen LogP contribution in [0.2, 0.25) is 0 Å². The van der Waals surface area contributed by atoms with Crippen LogP contribution < -0.4 is 32.5 Å². The van der Waals surface area contributed by atoms with Gasteiger partial charge < -0.3 is 37.0 Å². The van der Waals surface area contributed by atoms with Gasteiger partial charge in [0.25, 0.3) is 17.7 Å². The maximum Gasteiger partial charge on any atom is 0.327 e. The minimum atomic E-state index is -0.298. The van der Waals surface area contributed by atoms with Crippen LogP contribution in [0.1, 0.15) is 95.8 Å². The number of nitrogens with one attached hydrogen (secondary N) is 2. The van der Waals surface area contributed by atoms with Crippen LogP contribution in [0.3, 0.4) is 0 Å². The van der Waals surface area contributed by atoms with Crippen LogP contribution in [-0.2, 0) is 0 Å². The molecule has 4 heterocycles. The summed E-state index contributed by atoms with van der Waals surface area (Å²) in [5, 5.41) is 6.04. The normalized spacial score (nSPS) is 16.9. The number of urea groups is 1. The summed E-state index contributed by atoms with van der Waals surface area (Å²) >= 11 is 0. The Balaban J connectivity index is 0.00000600. The lowest BCUT2D eigenvalue weighted by Crippen LogP contribution is -3.00. The molecule has 1 aromatic heterocycles. The number of hydrogen-bond acceptors (Lipinski definition) is 7. The maximum absolute atomic E-state index is 13.8. The van der Waals surface area contributed by atoms with Gasteiger partial charge in [0.05, 0.1) is 55.2 Å². The maximum atomic E-state index is 13.8. The van der Waals surface area contributed by atoms with Crippen molar-refractivity contribution in [1.29, 1.82) is 0 Å². The van der Waals surface area contributed by atoms with Crippen LogP contribution in [0.5, 0.6) is 0 Å². The second-order valence-electron chi connectivity index (χ2n) is 15.9. The van der Waals surface area contributed by atoms with E-state index in [-0.39, 0.29) is 40.7 Å². The number of carbonyl (C=O) groups excluding carboxylic acids is 4. The first-order chi connectivity index (χ1) is 26.7. The number of amides is 5. The van der Waals surface area contributed by atoms with E-state index in [9.17, 15) is 19.2 Å². The predicted molar refractivity (Wildman–Crippen MR) is 217 cm³/mol. The van der Waals surface area contributed by atoms with E-state index in [1.165, 1.54) is 48.3 Å². The van der Waals surface area contributed by atoms with Crippen LogP contribution >= 0.6 is 0 Å². The number of quaternary nitrogens is 1. The van der Waals surface area contributed by atoms with E-state index >= 15 is 0 Å². The largest absolute Gasteiger partial charge is 1.00 e. The lowest BCUT2D eigenvalue weighted by molar-refractivity contribution is -0.890. The first-order valence-electron chi connectivity index (χ1n) is 20.3. The number of likely N-dealkylation sites (tertiary alicyclic amines) is 1. The Hall–Kier alpha value is -4.17. The molecule has 0 aliphatic carbocycles. The standard InChI is InChI=1S/C43H58N8O4.BrH/c1-4-25-47(26-12-5-6-14-30-51(2,3)31-16-28-49-41(53)34-18-7-8-19-35(34)42(49)54)32-33-17-11-13-27-48(33)29-24-45-43(55)50-38-22-10-9-20-36(38)40(52)46-37-21-15-23-44-39(37)50;/h7-10,15,18-23,33H,4-6,11-14,16-17,24-32H2,1-3H3,(H-,45,46,52,55);1H. The fourth-order valence-corrected chi connectivity index (χ4v) is 8.34. The van der Waals surface area contributed by atoms with Gasteiger partial charge in [-0.15, -0.1) is 0 Å². The highest BCUT2D eigenvalue weighted by Crippen LogP contribution is 2.36. The molecule has 3 aliphatic rings. The Kier molecular flexibility index (Phi) is 15.6. The van der Waals surface area contributed by atoms with Gasteiger partial charge in [0.1, 0.15) is 0 Å². The van der Waals surface area contributed by atoms with Gasteiger partial charge in [-0.2, -0.15) is 0 Å². The van der Waals surface area contributed by atoms with E-state index in [0.717, 1.165) is 69.6 Å². The fourth-order valence-electron chi connectivity index (χ4n) is 8.34. The van der Waals surface area contributed by atoms with Gasteiger partial charge >= 0.3 is 6.03 Å². The number of benzene rings is 2. The van der Waals surface area contributed by atoms with Crippen molar-refractivity contribution in [2.24, 2.45) is 0 Å². The number of unbranched alkanes of at least 4 members (excludes halogenated alkanes) is 3. The number of imide groups is 1. The number of carbonyl (C=O) groups is 4. The van der Waals surface area contributed by atoms with Gasteiger partial charge in [-0.1, -0.05) is 44.0 Å². The van der Waals surface area contributed by atoms with Crippen LogP contribution in [-0.4, -0.2) is 127 Å². The Morgan fingerprint density at radius 1 is 0.857 bits per heavy atom. The highest BCUT2D eigenvalue weighted by atomic mass is 79.9. The predicted octanol–water partition coefficient (Wildman–Crippen LogP) is 3.39. The average molecular weight is 832 g/mol. The van der Waals surface area contributed by atoms with E-state index in [2.05, 4.69) is 46.4 Å². The van der Waals surface area contributed by atoms with Crippen molar-refractivity contribution in [3.05, 3.63) is 83.6 Å². The van der Waals surface area contributed by atoms with Crippen LogP contribution in [0, 0.1) is 0 Å². The number of hydrogen-bond donors (Lipinski definition) is 2. The van der Waals surface area contributed by atoms with E-state index < -0.39 is 0 Å². The molecule has 1 atom stereocenters. The van der Waals surface area contributed by atoms with Crippen LogP contribution in [0.15, 0.2) is 66.9 Å². The zero-order valence-electron chi connectivity index (χ0n) is 33.4. The van der Waals surface area contributed by atoms with Crippen molar-refractivity contribution in [1.82, 2.24) is 25.0 Å². The molecule has 1 fully saturated rings. The molecule has 0 spiro atoms. The van der Waals surface area contributed by atoms with Crippen LogP contribution in [0.4, 0.5) is 22.0 Å². The van der Waals surface area contributed by atoms with Gasteiger partial charge in [0, 0.05) is 44.8 Å². The summed E-state index contributed by atoms with van der Waals surface area (Å²) < 4.78 is 0.884. The molecule has 3 aromatic rings. The molecular formula is C43H59BrN8O4. The number of rotatable bonds is 18. The second-order valence-corrected chi connectivity index (χ2v) is 15.9. The smallest absolute Gasteiger partial charge is 0.327 e. The third-order valence-electron chi connectivity index (χ3n) is 11.3. The van der Waals surface area contributed by atoms with Crippen molar-refractivity contribution >= 4 is 40.9 Å². The van der Waals surface area contributed by atoms with Crippen molar-refractivity contribution < 1.29 is 40.6 Å². The zero-order chi connectivity index (χ0) is 38.8. The third-order valence-corrected chi connectivity index (χ3v) is 11.3. The molecular weight excluding hydrogens is 772 g/mol. The van der Waals surface area contributed by atoms with Gasteiger partial charge in [-0.05, 0) is 94.6 Å². The zero-order valence-corrected chi connectivity index (χ0v) is 34.9. The molecule has 2 N–H and O–H groups in total. The number of para-hydroxylation sites is 1. The molecule has 0 bridgehead atoms. The van der Waals surface area contributed by atoms with E-state index in [1.807, 2.05) is 18.2 Å². The lowest BCUT2D eigenvalue weighted by atomic mass is 10.0. The first-order valence-corrected chi connectivity index (χ1v) is 20.3. The van der Waals surface area contributed by atoms with Gasteiger partial charge in [-0.25, -0.2) is 14.7 Å². The third kappa shape index (κ3) is 10.6. The Bertz CT molecular complexity index is 1790. The first kappa shape index (κ1) is 43.0. The number of fused-ring (bicyclic) bond motifs is 3. The molecule has 5 amide bonds. The second kappa shape index (κ2) is 20.3. The van der Waals surface area contributed by atoms with Crippen molar-refractivity contribution in [3.63, 3.8) is 0 Å². The number of aromatic nitrogens is 1. The molecule has 2 aromatic carbocycles. The molecule has 0 saturated carbocycles. The molecule has 13 heteroatoms. The number of anilines is 3. The molecule has 1 unspecified atom stereocenters. The minimum absolute atomic E-state index is 0. The summed E-state index contributed by atoms with van der Waals surface area (Å²) in [6.45, 7) is 10.3. The molecule has 1 saturated heterocycles. The van der Waals surface area contributed by atoms with E-state index in [1.54, 1.807) is 48.7 Å². The molecule has 6 rings (SSSR count). The minimum Gasteiger partial charge on any atom is -1.00 e. The summed E-state index contributed by atoms with van der Waals surface area (Å²) in [5.74, 6) is -0.185. The Morgan fingerprint density at radius 2 is 1.55 bits per heavy atom. The fraction of sp³-hybridized carbons (Fsp3) is 0.512. The van der Waals surface area contributed by atoms with Gasteiger partial charge in [0.15, 0.2) is 5.82 Å². The highest BCUT2D eigenvalue weighted by molar-refractivity contribution is 6.21. The summed E-state index contributed by atoms with van der Waals surface area (Å²) in [7, 11) is 4.49. The topological polar surface area (TPSA) is 118 Å². The van der Waals surface area contributed by atoms with E-state index in [0.29, 0.717) is 53.0 Å². The monoisotopic (exact) mass is 830 g/mol. The molecule has 0 radical (unpaired) electrons. The summed E-state index contributed by atoms with van der Waals surface area (Å²) in [6, 6.07) is 17.9. The molecule has 12 nitrogen and oxygen atoms in total. The summed E-state index contributed by atoms with van der Waals surface area (Å²) in [5.41, 5.74) is 2.50. The Labute approximate surface area is 343 Å². The lowest BCUT2D eigenvalue weighted by Gasteiger charge is -2.39. The quantitative estimate of drug-likeness (QED) is 0.115. The number of pyridine rings is 1.